The number of hydrogen-bond donors (Lipinski definition) is 2. The van der Waals surface area contributed by atoms with Gasteiger partial charge >= 0.3 is 5.97 Å². The van der Waals surface area contributed by atoms with E-state index in [0.29, 0.717) is 12.8 Å². The Kier molecular flexibility index (Phi) is 20.0. The van der Waals surface area contributed by atoms with Crippen molar-refractivity contribution in [2.24, 2.45) is 0 Å². The third-order valence-corrected chi connectivity index (χ3v) is 5.55. The lowest BCUT2D eigenvalue weighted by Crippen LogP contribution is -2.41. The predicted octanol–water partition coefficient (Wildman–Crippen LogP) is 6.35. The van der Waals surface area contributed by atoms with E-state index in [1.165, 1.54) is 57.8 Å². The first-order valence-electron chi connectivity index (χ1n) is 11.3. The van der Waals surface area contributed by atoms with Crippen molar-refractivity contribution in [3.63, 3.8) is 0 Å². The van der Waals surface area contributed by atoms with Gasteiger partial charge in [0.2, 0.25) is 5.91 Å². The van der Waals surface area contributed by atoms with Crippen LogP contribution in [0.2, 0.25) is 0 Å². The summed E-state index contributed by atoms with van der Waals surface area (Å²) in [6.07, 6.45) is 23.5. The van der Waals surface area contributed by atoms with E-state index < -0.39 is 12.0 Å². The molecule has 0 spiro atoms. The molecule has 0 aromatic carbocycles. The van der Waals surface area contributed by atoms with Gasteiger partial charge in [0.15, 0.2) is 0 Å². The zero-order valence-corrected chi connectivity index (χ0v) is 19.0. The molecule has 0 aliphatic carbocycles. The van der Waals surface area contributed by atoms with Crippen LogP contribution >= 0.6 is 11.8 Å². The minimum atomic E-state index is -0.938. The van der Waals surface area contributed by atoms with Gasteiger partial charge in [-0.1, -0.05) is 70.4 Å². The van der Waals surface area contributed by atoms with Crippen LogP contribution in [0.25, 0.3) is 0 Å². The highest BCUT2D eigenvalue weighted by molar-refractivity contribution is 7.98. The van der Waals surface area contributed by atoms with Crippen molar-refractivity contribution < 1.29 is 14.7 Å². The fourth-order valence-corrected chi connectivity index (χ4v) is 3.59. The maximum atomic E-state index is 11.9. The van der Waals surface area contributed by atoms with Gasteiger partial charge in [-0.15, -0.1) is 0 Å². The van der Waals surface area contributed by atoms with Crippen molar-refractivity contribution in [3.8, 4) is 0 Å². The molecule has 1 unspecified atom stereocenters. The molecule has 0 aromatic rings. The van der Waals surface area contributed by atoms with Gasteiger partial charge in [0.25, 0.3) is 0 Å². The molecule has 1 atom stereocenters. The highest BCUT2D eigenvalue weighted by Crippen LogP contribution is 2.10. The third-order valence-electron chi connectivity index (χ3n) is 4.91. The lowest BCUT2D eigenvalue weighted by atomic mass is 10.1. The second-order valence-electron chi connectivity index (χ2n) is 7.57. The molecule has 28 heavy (non-hydrogen) atoms. The first-order chi connectivity index (χ1) is 13.6. The molecule has 2 N–H and O–H groups in total. The number of carbonyl (C=O) groups is 2. The van der Waals surface area contributed by atoms with Crippen molar-refractivity contribution in [1.82, 2.24) is 5.32 Å². The summed E-state index contributed by atoms with van der Waals surface area (Å²) in [7, 11) is 0. The molecule has 1 amide bonds. The fourth-order valence-electron chi connectivity index (χ4n) is 3.12. The number of hydrogen-bond acceptors (Lipinski definition) is 3. The number of nitrogens with one attached hydrogen (secondary N) is 1. The normalized spacial score (nSPS) is 12.4. The van der Waals surface area contributed by atoms with E-state index in [1.807, 2.05) is 6.26 Å². The molecule has 4 nitrogen and oxygen atoms in total. The molecule has 0 fully saturated rings. The Bertz CT molecular complexity index is 413. The number of allylic oxidation sites excluding steroid dienone is 2. The van der Waals surface area contributed by atoms with Crippen molar-refractivity contribution in [1.29, 1.82) is 0 Å². The third kappa shape index (κ3) is 18.4. The molecule has 0 rings (SSSR count). The number of amides is 1. The highest BCUT2D eigenvalue weighted by atomic mass is 32.2. The van der Waals surface area contributed by atoms with E-state index >= 15 is 0 Å². The Morgan fingerprint density at radius 1 is 0.893 bits per heavy atom. The Balaban J connectivity index is 3.47. The summed E-state index contributed by atoms with van der Waals surface area (Å²) in [5, 5.41) is 11.8. The van der Waals surface area contributed by atoms with Crippen LogP contribution in [-0.4, -0.2) is 35.0 Å². The minimum absolute atomic E-state index is 0.133. The largest absolute Gasteiger partial charge is 0.480 e. The van der Waals surface area contributed by atoms with Gasteiger partial charge in [-0.3, -0.25) is 4.79 Å². The highest BCUT2D eigenvalue weighted by Gasteiger charge is 2.18. The Morgan fingerprint density at radius 3 is 1.96 bits per heavy atom. The van der Waals surface area contributed by atoms with E-state index in [0.717, 1.165) is 31.4 Å². The van der Waals surface area contributed by atoms with Crippen LogP contribution < -0.4 is 5.32 Å². The van der Waals surface area contributed by atoms with Crippen LogP contribution in [0.3, 0.4) is 0 Å². The first kappa shape index (κ1) is 27.0. The second kappa shape index (κ2) is 20.8. The van der Waals surface area contributed by atoms with E-state index in [2.05, 4.69) is 24.4 Å². The zero-order chi connectivity index (χ0) is 20.9. The summed E-state index contributed by atoms with van der Waals surface area (Å²) in [5.74, 6) is -0.330. The van der Waals surface area contributed by atoms with Gasteiger partial charge in [-0.2, -0.15) is 11.8 Å². The van der Waals surface area contributed by atoms with Crippen molar-refractivity contribution in [2.75, 3.05) is 12.0 Å². The topological polar surface area (TPSA) is 66.4 Å². The summed E-state index contributed by atoms with van der Waals surface area (Å²) in [4.78, 5) is 23.0. The van der Waals surface area contributed by atoms with Crippen LogP contribution in [0, 0.1) is 0 Å². The number of carboxylic acid groups (broad SMARTS) is 1. The van der Waals surface area contributed by atoms with Gasteiger partial charge < -0.3 is 10.4 Å². The quantitative estimate of drug-likeness (QED) is 0.180. The predicted molar refractivity (Wildman–Crippen MR) is 122 cm³/mol. The standard InChI is InChI=1S/C23H43NO3S/c1-3-4-5-6-7-8-9-10-11-12-13-14-15-16-17-18-22(25)24-21(23(26)27)19-20-28-2/h10-11,21H,3-9,12-20H2,1-2H3,(H,24,25)(H,26,27). The van der Waals surface area contributed by atoms with Crippen LogP contribution in [0.5, 0.6) is 0 Å². The van der Waals surface area contributed by atoms with E-state index in [4.69, 9.17) is 5.11 Å². The van der Waals surface area contributed by atoms with Crippen LogP contribution in [0.15, 0.2) is 12.2 Å². The molecule has 0 saturated carbocycles. The van der Waals surface area contributed by atoms with E-state index in [1.54, 1.807) is 11.8 Å². The van der Waals surface area contributed by atoms with E-state index in [-0.39, 0.29) is 5.91 Å². The van der Waals surface area contributed by atoms with Crippen molar-refractivity contribution in [3.05, 3.63) is 12.2 Å². The molecule has 0 heterocycles. The van der Waals surface area contributed by atoms with E-state index in [9.17, 15) is 9.59 Å². The Morgan fingerprint density at radius 2 is 1.43 bits per heavy atom. The summed E-state index contributed by atoms with van der Waals surface area (Å²) in [6, 6.07) is -0.747. The average Bonchev–Trinajstić information content (AvgIpc) is 2.67. The van der Waals surface area contributed by atoms with Crippen LogP contribution in [-0.2, 0) is 9.59 Å². The lowest BCUT2D eigenvalue weighted by Gasteiger charge is -2.13. The summed E-state index contributed by atoms with van der Waals surface area (Å²) >= 11 is 1.59. The fraction of sp³-hybridized carbons (Fsp3) is 0.826. The zero-order valence-electron chi connectivity index (χ0n) is 18.2. The van der Waals surface area contributed by atoms with Crippen LogP contribution in [0.1, 0.15) is 103 Å². The van der Waals surface area contributed by atoms with Gasteiger partial charge in [-0.25, -0.2) is 4.79 Å². The van der Waals surface area contributed by atoms with Crippen molar-refractivity contribution >= 4 is 23.6 Å². The number of aliphatic carboxylic acids is 1. The number of carbonyl (C=O) groups excluding carboxylic acids is 1. The Labute approximate surface area is 177 Å². The number of carboxylic acids is 1. The molecular formula is C23H43NO3S. The lowest BCUT2D eigenvalue weighted by molar-refractivity contribution is -0.141. The SMILES string of the molecule is CCCCCCCCC=CCCCCCCCC(=O)NC(CCSC)C(=O)O. The van der Waals surface area contributed by atoms with Gasteiger partial charge in [-0.05, 0) is 50.5 Å². The number of unbranched alkanes of at least 4 members (excludes halogenated alkanes) is 11. The van der Waals surface area contributed by atoms with Crippen LogP contribution in [0.4, 0.5) is 0 Å². The monoisotopic (exact) mass is 413 g/mol. The van der Waals surface area contributed by atoms with Gasteiger partial charge in [0.1, 0.15) is 6.04 Å². The number of thioether (sulfide) groups is 1. The first-order valence-corrected chi connectivity index (χ1v) is 12.7. The molecule has 164 valence electrons. The molecule has 0 aromatic heterocycles. The summed E-state index contributed by atoms with van der Waals surface area (Å²) < 4.78 is 0. The molecular weight excluding hydrogens is 370 g/mol. The second-order valence-corrected chi connectivity index (χ2v) is 8.56. The average molecular weight is 414 g/mol. The molecule has 0 aliphatic heterocycles. The summed E-state index contributed by atoms with van der Waals surface area (Å²) in [5.41, 5.74) is 0. The molecule has 0 saturated heterocycles. The molecule has 0 radical (unpaired) electrons. The maximum absolute atomic E-state index is 11.9. The maximum Gasteiger partial charge on any atom is 0.326 e. The van der Waals surface area contributed by atoms with Gasteiger partial charge in [0.05, 0.1) is 0 Å². The minimum Gasteiger partial charge on any atom is -0.480 e. The number of rotatable bonds is 20. The molecule has 5 heteroatoms. The molecule has 0 bridgehead atoms. The van der Waals surface area contributed by atoms with Crippen molar-refractivity contribution in [2.45, 2.75) is 109 Å². The summed E-state index contributed by atoms with van der Waals surface area (Å²) in [6.45, 7) is 2.25. The van der Waals surface area contributed by atoms with Gasteiger partial charge in [0, 0.05) is 6.42 Å². The Hall–Kier alpha value is -0.970. The molecule has 0 aliphatic rings. The smallest absolute Gasteiger partial charge is 0.326 e.